The summed E-state index contributed by atoms with van der Waals surface area (Å²) >= 11 is 0. The van der Waals surface area contributed by atoms with Gasteiger partial charge in [0.25, 0.3) is 0 Å². The first-order valence-corrected chi connectivity index (χ1v) is 9.02. The minimum Gasteiger partial charge on any atom is -0.478 e. The average molecular weight is 320 g/mol. The van der Waals surface area contributed by atoms with Crippen molar-refractivity contribution in [2.75, 3.05) is 0 Å². The molecule has 1 saturated carbocycles. The molecule has 3 heteroatoms. The molecule has 1 fully saturated rings. The van der Waals surface area contributed by atoms with Crippen LogP contribution in [-0.4, -0.2) is 22.3 Å². The van der Waals surface area contributed by atoms with E-state index in [9.17, 15) is 9.90 Å². The highest BCUT2D eigenvalue weighted by atomic mass is 16.4. The van der Waals surface area contributed by atoms with Gasteiger partial charge in [-0.25, -0.2) is 4.79 Å². The molecule has 0 aliphatic heterocycles. The van der Waals surface area contributed by atoms with E-state index in [-0.39, 0.29) is 11.5 Å². The fraction of sp³-hybridized carbons (Fsp3) is 0.750. The minimum atomic E-state index is -0.820. The maximum atomic E-state index is 10.9. The van der Waals surface area contributed by atoms with Crippen molar-refractivity contribution in [2.45, 2.75) is 72.3 Å². The summed E-state index contributed by atoms with van der Waals surface area (Å²) in [7, 11) is 0. The summed E-state index contributed by atoms with van der Waals surface area (Å²) in [5.41, 5.74) is 1.81. The highest BCUT2D eigenvalue weighted by Gasteiger charge is 2.50. The van der Waals surface area contributed by atoms with Crippen molar-refractivity contribution in [3.05, 3.63) is 23.3 Å². The monoisotopic (exact) mass is 320 g/mol. The van der Waals surface area contributed by atoms with Crippen LogP contribution in [0.3, 0.4) is 0 Å². The molecule has 0 heterocycles. The topological polar surface area (TPSA) is 57.5 Å². The highest BCUT2D eigenvalue weighted by molar-refractivity contribution is 5.85. The van der Waals surface area contributed by atoms with Gasteiger partial charge >= 0.3 is 5.97 Å². The van der Waals surface area contributed by atoms with Gasteiger partial charge in [-0.15, -0.1) is 0 Å². The molecule has 2 rings (SSSR count). The zero-order valence-corrected chi connectivity index (χ0v) is 15.0. The fourth-order valence-corrected chi connectivity index (χ4v) is 4.87. The molecule has 0 aromatic heterocycles. The number of carboxylic acids is 1. The molecule has 0 unspecified atom stereocenters. The molecule has 0 bridgehead atoms. The zero-order valence-electron chi connectivity index (χ0n) is 15.0. The van der Waals surface area contributed by atoms with Crippen molar-refractivity contribution in [1.82, 2.24) is 0 Å². The summed E-state index contributed by atoms with van der Waals surface area (Å²) in [6.45, 7) is 8.36. The van der Waals surface area contributed by atoms with Crippen molar-refractivity contribution in [2.24, 2.45) is 23.2 Å². The van der Waals surface area contributed by atoms with Crippen LogP contribution in [0.1, 0.15) is 66.2 Å². The van der Waals surface area contributed by atoms with Gasteiger partial charge in [0, 0.05) is 5.57 Å². The van der Waals surface area contributed by atoms with Crippen molar-refractivity contribution in [3.8, 4) is 0 Å². The van der Waals surface area contributed by atoms with Gasteiger partial charge in [-0.2, -0.15) is 0 Å². The number of aliphatic hydroxyl groups excluding tert-OH is 1. The van der Waals surface area contributed by atoms with Crippen molar-refractivity contribution >= 4 is 5.97 Å². The third kappa shape index (κ3) is 3.71. The Bertz CT molecular complexity index is 505. The summed E-state index contributed by atoms with van der Waals surface area (Å²) < 4.78 is 0. The fourth-order valence-electron chi connectivity index (χ4n) is 4.87. The SMILES string of the molecule is CC1=CC[C@@]2(C[C@@H]1O)[C@@H]([C@H](C)CC/C=C(\C)C(=O)O)CC[C@@H]2C. The molecule has 0 amide bonds. The van der Waals surface area contributed by atoms with Gasteiger partial charge in [-0.05, 0) is 81.1 Å². The molecule has 0 saturated heterocycles. The molecular formula is C20H32O3. The Hall–Kier alpha value is -1.09. The molecule has 2 aliphatic rings. The molecule has 3 nitrogen and oxygen atoms in total. The van der Waals surface area contributed by atoms with E-state index in [1.54, 1.807) is 6.92 Å². The highest BCUT2D eigenvalue weighted by Crippen LogP contribution is 2.58. The summed E-state index contributed by atoms with van der Waals surface area (Å²) in [6.07, 6.45) is 10.2. The van der Waals surface area contributed by atoms with E-state index < -0.39 is 5.97 Å². The summed E-state index contributed by atoms with van der Waals surface area (Å²) in [5, 5.41) is 19.3. The summed E-state index contributed by atoms with van der Waals surface area (Å²) in [4.78, 5) is 10.9. The lowest BCUT2D eigenvalue weighted by molar-refractivity contribution is -0.132. The number of allylic oxidation sites excluding steroid dienone is 2. The Morgan fingerprint density at radius 3 is 2.78 bits per heavy atom. The smallest absolute Gasteiger partial charge is 0.330 e. The second kappa shape index (κ2) is 7.21. The van der Waals surface area contributed by atoms with E-state index in [1.807, 2.05) is 13.0 Å². The van der Waals surface area contributed by atoms with Gasteiger partial charge in [0.15, 0.2) is 0 Å². The molecule has 23 heavy (non-hydrogen) atoms. The standard InChI is InChI=1S/C20H32O3/c1-13(6-5-7-15(3)19(22)23)17-9-8-16(4)20(17)11-10-14(2)18(21)12-20/h7,10,13,16-18,21H,5-6,8-9,11-12H2,1-4H3,(H,22,23)/b15-7+/t13-,16+,17-,18+,20+/m1/s1. The number of carbonyl (C=O) groups is 1. The molecule has 130 valence electrons. The van der Waals surface area contributed by atoms with Gasteiger partial charge in [0.05, 0.1) is 6.10 Å². The van der Waals surface area contributed by atoms with E-state index >= 15 is 0 Å². The molecule has 5 atom stereocenters. The van der Waals surface area contributed by atoms with Gasteiger partial charge in [-0.1, -0.05) is 26.0 Å². The second-order valence-electron chi connectivity index (χ2n) is 7.94. The van der Waals surface area contributed by atoms with E-state index in [1.165, 1.54) is 12.8 Å². The van der Waals surface area contributed by atoms with Gasteiger partial charge in [0.2, 0.25) is 0 Å². The molecule has 0 radical (unpaired) electrons. The van der Waals surface area contributed by atoms with E-state index in [0.717, 1.165) is 31.3 Å². The van der Waals surface area contributed by atoms with Crippen LogP contribution in [0.15, 0.2) is 23.3 Å². The third-order valence-corrected chi connectivity index (χ3v) is 6.63. The molecule has 1 spiro atoms. The lowest BCUT2D eigenvalue weighted by Gasteiger charge is -2.45. The van der Waals surface area contributed by atoms with Crippen molar-refractivity contribution < 1.29 is 15.0 Å². The van der Waals surface area contributed by atoms with Crippen LogP contribution in [0, 0.1) is 23.2 Å². The number of hydrogen-bond acceptors (Lipinski definition) is 2. The van der Waals surface area contributed by atoms with E-state index in [4.69, 9.17) is 5.11 Å². The number of hydrogen-bond donors (Lipinski definition) is 2. The maximum absolute atomic E-state index is 10.9. The maximum Gasteiger partial charge on any atom is 0.330 e. The van der Waals surface area contributed by atoms with E-state index in [2.05, 4.69) is 19.9 Å². The third-order valence-electron chi connectivity index (χ3n) is 6.63. The Balaban J connectivity index is 2.06. The molecule has 0 aromatic rings. The first kappa shape index (κ1) is 18.3. The first-order chi connectivity index (χ1) is 10.8. The van der Waals surface area contributed by atoms with Crippen LogP contribution in [0.25, 0.3) is 0 Å². The van der Waals surface area contributed by atoms with Crippen LogP contribution in [0.4, 0.5) is 0 Å². The van der Waals surface area contributed by atoms with Gasteiger partial charge in [-0.3, -0.25) is 0 Å². The van der Waals surface area contributed by atoms with Crippen LogP contribution in [0.5, 0.6) is 0 Å². The lowest BCUT2D eigenvalue weighted by Crippen LogP contribution is -2.40. The quantitative estimate of drug-likeness (QED) is 0.576. The molecule has 2 N–H and O–H groups in total. The molecule has 0 aromatic carbocycles. The number of aliphatic carboxylic acids is 1. The Labute approximate surface area is 140 Å². The minimum absolute atomic E-state index is 0.240. The largest absolute Gasteiger partial charge is 0.478 e. The average Bonchev–Trinajstić information content (AvgIpc) is 2.80. The summed E-state index contributed by atoms with van der Waals surface area (Å²) in [6, 6.07) is 0. The van der Waals surface area contributed by atoms with Gasteiger partial charge in [0.1, 0.15) is 0 Å². The van der Waals surface area contributed by atoms with Gasteiger partial charge < -0.3 is 10.2 Å². The predicted octanol–water partition coefficient (Wildman–Crippen LogP) is 4.57. The van der Waals surface area contributed by atoms with Crippen LogP contribution in [0.2, 0.25) is 0 Å². The number of rotatable bonds is 5. The first-order valence-electron chi connectivity index (χ1n) is 9.02. The van der Waals surface area contributed by atoms with E-state index in [0.29, 0.717) is 23.3 Å². The molecular weight excluding hydrogens is 288 g/mol. The Kier molecular flexibility index (Phi) is 5.72. The van der Waals surface area contributed by atoms with Crippen LogP contribution in [-0.2, 0) is 4.79 Å². The number of carboxylic acid groups (broad SMARTS) is 1. The van der Waals surface area contributed by atoms with Crippen molar-refractivity contribution in [3.63, 3.8) is 0 Å². The number of aliphatic hydroxyl groups is 1. The zero-order chi connectivity index (χ0) is 17.2. The Morgan fingerprint density at radius 2 is 2.17 bits per heavy atom. The second-order valence-corrected chi connectivity index (χ2v) is 7.94. The van der Waals surface area contributed by atoms with Crippen LogP contribution < -0.4 is 0 Å². The molecule has 2 aliphatic carbocycles. The van der Waals surface area contributed by atoms with Crippen LogP contribution >= 0.6 is 0 Å². The Morgan fingerprint density at radius 1 is 1.48 bits per heavy atom. The lowest BCUT2D eigenvalue weighted by atomic mass is 9.60. The summed E-state index contributed by atoms with van der Waals surface area (Å²) in [5.74, 6) is 1.04. The normalized spacial score (nSPS) is 36.1. The van der Waals surface area contributed by atoms with Crippen molar-refractivity contribution in [1.29, 1.82) is 0 Å². The predicted molar refractivity (Wildman–Crippen MR) is 93.1 cm³/mol.